The molecule has 1 rings (SSSR count). The van der Waals surface area contributed by atoms with Crippen LogP contribution in [-0.4, -0.2) is 65.2 Å². The molecule has 166 valence electrons. The lowest BCUT2D eigenvalue weighted by molar-refractivity contribution is -0.141. The van der Waals surface area contributed by atoms with Crippen molar-refractivity contribution in [1.82, 2.24) is 16.0 Å². The van der Waals surface area contributed by atoms with Crippen molar-refractivity contribution in [3.05, 3.63) is 35.9 Å². The molecule has 0 spiro atoms. The van der Waals surface area contributed by atoms with Crippen molar-refractivity contribution in [3.8, 4) is 0 Å². The molecule has 0 saturated heterocycles. The molecule has 10 heteroatoms. The van der Waals surface area contributed by atoms with Crippen molar-refractivity contribution in [3.63, 3.8) is 0 Å². The summed E-state index contributed by atoms with van der Waals surface area (Å²) in [5.74, 6) is -3.10. The number of nitrogens with two attached hydrogens (primary N) is 1. The highest BCUT2D eigenvalue weighted by Crippen LogP contribution is 2.06. The molecule has 0 heterocycles. The number of nitrogens with one attached hydrogen (secondary N) is 3. The third-order valence-corrected chi connectivity index (χ3v) is 4.21. The van der Waals surface area contributed by atoms with Gasteiger partial charge in [-0.05, 0) is 17.9 Å². The van der Waals surface area contributed by atoms with Crippen molar-refractivity contribution < 1.29 is 29.4 Å². The highest BCUT2D eigenvalue weighted by molar-refractivity contribution is 5.92. The Morgan fingerprint density at radius 3 is 2.17 bits per heavy atom. The Labute approximate surface area is 175 Å². The number of carboxylic acid groups (broad SMARTS) is 1. The number of hydrogen-bond acceptors (Lipinski definition) is 6. The molecule has 0 aromatic heterocycles. The van der Waals surface area contributed by atoms with E-state index in [9.17, 15) is 24.3 Å². The lowest BCUT2D eigenvalue weighted by Crippen LogP contribution is -2.54. The summed E-state index contributed by atoms with van der Waals surface area (Å²) in [7, 11) is 0. The van der Waals surface area contributed by atoms with Crippen molar-refractivity contribution in [2.45, 2.75) is 44.8 Å². The summed E-state index contributed by atoms with van der Waals surface area (Å²) < 4.78 is 0. The number of carbonyl (C=O) groups is 4. The second-order valence-corrected chi connectivity index (χ2v) is 7.35. The largest absolute Gasteiger partial charge is 0.480 e. The molecule has 1 aromatic carbocycles. The predicted molar refractivity (Wildman–Crippen MR) is 109 cm³/mol. The van der Waals surface area contributed by atoms with Crippen LogP contribution in [-0.2, 0) is 25.6 Å². The Bertz CT molecular complexity index is 725. The quantitative estimate of drug-likeness (QED) is 0.245. The Morgan fingerprint density at radius 2 is 1.63 bits per heavy atom. The Morgan fingerprint density at radius 1 is 1.00 bits per heavy atom. The molecule has 0 aliphatic carbocycles. The summed E-state index contributed by atoms with van der Waals surface area (Å²) in [5, 5.41) is 25.5. The monoisotopic (exact) mass is 422 g/mol. The summed E-state index contributed by atoms with van der Waals surface area (Å²) in [4.78, 5) is 47.9. The van der Waals surface area contributed by atoms with E-state index in [-0.39, 0.29) is 12.3 Å². The smallest absolute Gasteiger partial charge is 0.326 e. The van der Waals surface area contributed by atoms with Gasteiger partial charge < -0.3 is 31.9 Å². The number of rotatable bonds is 12. The molecular weight excluding hydrogens is 392 g/mol. The van der Waals surface area contributed by atoms with Crippen molar-refractivity contribution >= 4 is 23.7 Å². The molecule has 0 radical (unpaired) electrons. The highest BCUT2D eigenvalue weighted by atomic mass is 16.4. The first kappa shape index (κ1) is 25.1. The Balaban J connectivity index is 2.64. The van der Waals surface area contributed by atoms with Gasteiger partial charge in [-0.1, -0.05) is 44.2 Å². The van der Waals surface area contributed by atoms with Crippen LogP contribution in [0.3, 0.4) is 0 Å². The van der Waals surface area contributed by atoms with Gasteiger partial charge in [0, 0.05) is 6.42 Å². The second kappa shape index (κ2) is 12.6. The number of carboxylic acids is 1. The molecule has 1 aromatic rings. The minimum absolute atomic E-state index is 0.0579. The second-order valence-electron chi connectivity index (χ2n) is 7.35. The number of hydrogen-bond donors (Lipinski definition) is 6. The van der Waals surface area contributed by atoms with Crippen LogP contribution in [0.25, 0.3) is 0 Å². The summed E-state index contributed by atoms with van der Waals surface area (Å²) in [5.41, 5.74) is 6.20. The van der Waals surface area contributed by atoms with Crippen LogP contribution in [0, 0.1) is 5.92 Å². The van der Waals surface area contributed by atoms with Gasteiger partial charge in [0.2, 0.25) is 17.7 Å². The third-order valence-electron chi connectivity index (χ3n) is 4.21. The van der Waals surface area contributed by atoms with Gasteiger partial charge in [-0.3, -0.25) is 14.4 Å². The van der Waals surface area contributed by atoms with E-state index < -0.39 is 55.0 Å². The molecule has 0 aliphatic rings. The van der Waals surface area contributed by atoms with Crippen LogP contribution < -0.4 is 21.7 Å². The number of aliphatic hydroxyl groups excluding tert-OH is 1. The van der Waals surface area contributed by atoms with Crippen LogP contribution in [0.4, 0.5) is 0 Å². The van der Waals surface area contributed by atoms with E-state index in [0.29, 0.717) is 6.42 Å². The van der Waals surface area contributed by atoms with Crippen LogP contribution in [0.5, 0.6) is 0 Å². The number of carbonyl (C=O) groups excluding carboxylic acids is 3. The number of aliphatic carboxylic acids is 1. The summed E-state index contributed by atoms with van der Waals surface area (Å²) in [6, 6.07) is 5.58. The topological polar surface area (TPSA) is 171 Å². The number of amides is 3. The fraction of sp³-hybridized carbons (Fsp3) is 0.500. The van der Waals surface area contributed by atoms with Gasteiger partial charge in [-0.2, -0.15) is 0 Å². The average molecular weight is 422 g/mol. The molecule has 3 atom stereocenters. The SMILES string of the molecule is CC(C)CC(NC(=O)C(N)CO)C(=O)NCC(=O)NC(Cc1ccccc1)C(=O)O. The molecule has 7 N–H and O–H groups in total. The van der Waals surface area contributed by atoms with E-state index in [1.165, 1.54) is 0 Å². The Kier molecular flexibility index (Phi) is 10.5. The van der Waals surface area contributed by atoms with E-state index in [2.05, 4.69) is 16.0 Å². The van der Waals surface area contributed by atoms with E-state index >= 15 is 0 Å². The van der Waals surface area contributed by atoms with Crippen LogP contribution in [0.1, 0.15) is 25.8 Å². The van der Waals surface area contributed by atoms with Gasteiger partial charge in [-0.15, -0.1) is 0 Å². The molecule has 3 amide bonds. The first-order valence-electron chi connectivity index (χ1n) is 9.64. The van der Waals surface area contributed by atoms with Gasteiger partial charge in [0.1, 0.15) is 18.1 Å². The molecule has 10 nitrogen and oxygen atoms in total. The van der Waals surface area contributed by atoms with Crippen LogP contribution >= 0.6 is 0 Å². The van der Waals surface area contributed by atoms with Crippen LogP contribution in [0.15, 0.2) is 30.3 Å². The maximum Gasteiger partial charge on any atom is 0.326 e. The number of aliphatic hydroxyl groups is 1. The van der Waals surface area contributed by atoms with E-state index in [1.54, 1.807) is 30.3 Å². The fourth-order valence-electron chi connectivity index (χ4n) is 2.65. The predicted octanol–water partition coefficient (Wildman–Crippen LogP) is -1.23. The molecule has 30 heavy (non-hydrogen) atoms. The van der Waals surface area contributed by atoms with Crippen LogP contribution in [0.2, 0.25) is 0 Å². The lowest BCUT2D eigenvalue weighted by Gasteiger charge is -2.22. The van der Waals surface area contributed by atoms with Gasteiger partial charge in [-0.25, -0.2) is 4.79 Å². The zero-order valence-corrected chi connectivity index (χ0v) is 17.1. The van der Waals surface area contributed by atoms with E-state index in [4.69, 9.17) is 10.8 Å². The zero-order chi connectivity index (χ0) is 22.7. The lowest BCUT2D eigenvalue weighted by atomic mass is 10.0. The zero-order valence-electron chi connectivity index (χ0n) is 17.1. The molecule has 0 aliphatic heterocycles. The number of benzene rings is 1. The molecule has 3 unspecified atom stereocenters. The molecule has 0 fully saturated rings. The van der Waals surface area contributed by atoms with Gasteiger partial charge >= 0.3 is 5.97 Å². The van der Waals surface area contributed by atoms with Gasteiger partial charge in [0.15, 0.2) is 0 Å². The van der Waals surface area contributed by atoms with Crippen molar-refractivity contribution in [2.75, 3.05) is 13.2 Å². The maximum atomic E-state index is 12.4. The first-order valence-corrected chi connectivity index (χ1v) is 9.64. The normalized spacial score (nSPS) is 13.8. The van der Waals surface area contributed by atoms with E-state index in [1.807, 2.05) is 13.8 Å². The first-order chi connectivity index (χ1) is 14.1. The molecule has 0 saturated carbocycles. The third kappa shape index (κ3) is 9.01. The van der Waals surface area contributed by atoms with Crippen molar-refractivity contribution in [2.24, 2.45) is 11.7 Å². The molecule has 0 bridgehead atoms. The van der Waals surface area contributed by atoms with Gasteiger partial charge in [0.25, 0.3) is 0 Å². The average Bonchev–Trinajstić information content (AvgIpc) is 2.70. The van der Waals surface area contributed by atoms with E-state index in [0.717, 1.165) is 5.56 Å². The standard InChI is InChI=1S/C20H30N4O6/c1-12(2)8-15(24-18(27)14(21)11-25)19(28)22-10-17(26)23-16(20(29)30)9-13-6-4-3-5-7-13/h3-7,12,14-16,25H,8-11,21H2,1-2H3,(H,22,28)(H,23,26)(H,24,27)(H,29,30). The highest BCUT2D eigenvalue weighted by Gasteiger charge is 2.25. The minimum Gasteiger partial charge on any atom is -0.480 e. The fourth-order valence-corrected chi connectivity index (χ4v) is 2.65. The summed E-state index contributed by atoms with van der Waals surface area (Å²) in [6.45, 7) is 2.69. The van der Waals surface area contributed by atoms with Gasteiger partial charge in [0.05, 0.1) is 13.2 Å². The Hall–Kier alpha value is -2.98. The summed E-state index contributed by atoms with van der Waals surface area (Å²) >= 11 is 0. The maximum absolute atomic E-state index is 12.4. The molecular formula is C20H30N4O6. The summed E-state index contributed by atoms with van der Waals surface area (Å²) in [6.07, 6.45) is 0.393. The minimum atomic E-state index is -1.19. The van der Waals surface area contributed by atoms with Crippen molar-refractivity contribution in [1.29, 1.82) is 0 Å².